The second-order valence-electron chi connectivity index (χ2n) is 3.72. The van der Waals surface area contributed by atoms with Crippen LogP contribution in [0.2, 0.25) is 10.0 Å². The van der Waals surface area contributed by atoms with Crippen LogP contribution in [0, 0.1) is 0 Å². The van der Waals surface area contributed by atoms with Crippen molar-refractivity contribution in [3.63, 3.8) is 0 Å². The maximum absolute atomic E-state index is 6.11. The van der Waals surface area contributed by atoms with Crippen LogP contribution < -0.4 is 0 Å². The molecule has 16 heavy (non-hydrogen) atoms. The third-order valence-electron chi connectivity index (χ3n) is 2.47. The Morgan fingerprint density at radius 3 is 2.88 bits per heavy atom. The van der Waals surface area contributed by atoms with E-state index in [9.17, 15) is 0 Å². The SMILES string of the molecule is C=C(CN1C=NCC1)c1ccc(Cl)cc1Cl. The molecule has 0 N–H and O–H groups in total. The Morgan fingerprint density at radius 2 is 2.25 bits per heavy atom. The number of halogens is 2. The first-order valence-corrected chi connectivity index (χ1v) is 5.79. The molecule has 0 amide bonds. The van der Waals surface area contributed by atoms with Crippen molar-refractivity contribution >= 4 is 35.1 Å². The number of nitrogens with zero attached hydrogens (tertiary/aromatic N) is 2. The molecule has 0 saturated carbocycles. The van der Waals surface area contributed by atoms with Crippen LogP contribution in [-0.4, -0.2) is 30.9 Å². The molecule has 0 saturated heterocycles. The van der Waals surface area contributed by atoms with E-state index in [1.54, 1.807) is 6.07 Å². The minimum Gasteiger partial charge on any atom is -0.357 e. The van der Waals surface area contributed by atoms with Gasteiger partial charge in [-0.05, 0) is 23.3 Å². The van der Waals surface area contributed by atoms with Gasteiger partial charge < -0.3 is 4.90 Å². The van der Waals surface area contributed by atoms with Gasteiger partial charge >= 0.3 is 0 Å². The molecule has 2 nitrogen and oxygen atoms in total. The van der Waals surface area contributed by atoms with Crippen molar-refractivity contribution in [2.45, 2.75) is 0 Å². The molecule has 0 spiro atoms. The van der Waals surface area contributed by atoms with Crippen LogP contribution in [-0.2, 0) is 0 Å². The summed E-state index contributed by atoms with van der Waals surface area (Å²) in [5.74, 6) is 0. The molecule has 0 aromatic heterocycles. The maximum Gasteiger partial charge on any atom is 0.0854 e. The zero-order valence-corrected chi connectivity index (χ0v) is 10.3. The molecule has 1 heterocycles. The summed E-state index contributed by atoms with van der Waals surface area (Å²) < 4.78 is 0. The molecule has 0 fully saturated rings. The highest BCUT2D eigenvalue weighted by atomic mass is 35.5. The van der Waals surface area contributed by atoms with Gasteiger partial charge in [-0.15, -0.1) is 0 Å². The predicted molar refractivity (Wildman–Crippen MR) is 70.4 cm³/mol. The highest BCUT2D eigenvalue weighted by Crippen LogP contribution is 2.26. The average molecular weight is 255 g/mol. The fraction of sp³-hybridized carbons (Fsp3) is 0.250. The summed E-state index contributed by atoms with van der Waals surface area (Å²) in [6.45, 7) is 6.61. The summed E-state index contributed by atoms with van der Waals surface area (Å²) in [5, 5.41) is 1.29. The lowest BCUT2D eigenvalue weighted by Crippen LogP contribution is -2.21. The zero-order valence-electron chi connectivity index (χ0n) is 8.79. The van der Waals surface area contributed by atoms with E-state index in [0.29, 0.717) is 10.0 Å². The normalized spacial score (nSPS) is 14.5. The lowest BCUT2D eigenvalue weighted by atomic mass is 10.1. The monoisotopic (exact) mass is 254 g/mol. The van der Waals surface area contributed by atoms with Crippen LogP contribution >= 0.6 is 23.2 Å². The van der Waals surface area contributed by atoms with E-state index < -0.39 is 0 Å². The molecule has 0 atom stereocenters. The minimum absolute atomic E-state index is 0.643. The smallest absolute Gasteiger partial charge is 0.0854 e. The van der Waals surface area contributed by atoms with Crippen molar-refractivity contribution in [3.05, 3.63) is 40.4 Å². The maximum atomic E-state index is 6.11. The fourth-order valence-corrected chi connectivity index (χ4v) is 2.19. The zero-order chi connectivity index (χ0) is 11.5. The van der Waals surface area contributed by atoms with Crippen LogP contribution in [0.25, 0.3) is 5.57 Å². The molecule has 2 rings (SSSR count). The molecule has 4 heteroatoms. The average Bonchev–Trinajstić information content (AvgIpc) is 2.70. The topological polar surface area (TPSA) is 15.6 Å². The summed E-state index contributed by atoms with van der Waals surface area (Å²) >= 11 is 12.0. The van der Waals surface area contributed by atoms with Crippen molar-refractivity contribution in [2.24, 2.45) is 4.99 Å². The lowest BCUT2D eigenvalue weighted by Gasteiger charge is -2.16. The summed E-state index contributed by atoms with van der Waals surface area (Å²) in [6.07, 6.45) is 1.86. The van der Waals surface area contributed by atoms with E-state index in [2.05, 4.69) is 16.5 Å². The number of rotatable bonds is 3. The molecule has 1 aromatic rings. The third-order valence-corrected chi connectivity index (χ3v) is 3.02. The van der Waals surface area contributed by atoms with E-state index in [0.717, 1.165) is 30.8 Å². The highest BCUT2D eigenvalue weighted by Gasteiger charge is 2.10. The van der Waals surface area contributed by atoms with Gasteiger partial charge in [-0.2, -0.15) is 0 Å². The Kier molecular flexibility index (Phi) is 3.52. The highest BCUT2D eigenvalue weighted by molar-refractivity contribution is 6.35. The first kappa shape index (κ1) is 11.5. The molecule has 0 aliphatic carbocycles. The van der Waals surface area contributed by atoms with Gasteiger partial charge in [0, 0.05) is 23.1 Å². The quantitative estimate of drug-likeness (QED) is 0.808. The van der Waals surface area contributed by atoms with E-state index in [-0.39, 0.29) is 0 Å². The van der Waals surface area contributed by atoms with Crippen molar-refractivity contribution in [3.8, 4) is 0 Å². The number of hydrogen-bond donors (Lipinski definition) is 0. The Balaban J connectivity index is 2.11. The largest absolute Gasteiger partial charge is 0.357 e. The van der Waals surface area contributed by atoms with Gasteiger partial charge in [-0.3, -0.25) is 4.99 Å². The number of hydrogen-bond acceptors (Lipinski definition) is 2. The van der Waals surface area contributed by atoms with E-state index in [1.165, 1.54) is 0 Å². The van der Waals surface area contributed by atoms with Crippen LogP contribution in [0.3, 0.4) is 0 Å². The van der Waals surface area contributed by atoms with Gasteiger partial charge in [0.05, 0.1) is 12.9 Å². The van der Waals surface area contributed by atoms with Gasteiger partial charge in [0.2, 0.25) is 0 Å². The molecule has 0 unspecified atom stereocenters. The van der Waals surface area contributed by atoms with Crippen molar-refractivity contribution in [1.82, 2.24) is 4.90 Å². The van der Waals surface area contributed by atoms with Crippen molar-refractivity contribution in [1.29, 1.82) is 0 Å². The minimum atomic E-state index is 0.643. The van der Waals surface area contributed by atoms with E-state index in [1.807, 2.05) is 18.5 Å². The van der Waals surface area contributed by atoms with Crippen LogP contribution in [0.15, 0.2) is 29.8 Å². The van der Waals surface area contributed by atoms with Gasteiger partial charge in [0.25, 0.3) is 0 Å². The van der Waals surface area contributed by atoms with E-state index >= 15 is 0 Å². The van der Waals surface area contributed by atoms with E-state index in [4.69, 9.17) is 23.2 Å². The Morgan fingerprint density at radius 1 is 1.44 bits per heavy atom. The standard InChI is InChI=1S/C12H12Cl2N2/c1-9(7-16-5-4-15-8-16)11-3-2-10(13)6-12(11)14/h2-3,6,8H,1,4-5,7H2. The Hall–Kier alpha value is -0.990. The molecule has 1 aromatic carbocycles. The lowest BCUT2D eigenvalue weighted by molar-refractivity contribution is 0.526. The predicted octanol–water partition coefficient (Wildman–Crippen LogP) is 3.35. The van der Waals surface area contributed by atoms with Crippen LogP contribution in [0.1, 0.15) is 5.56 Å². The molecule has 84 valence electrons. The van der Waals surface area contributed by atoms with Crippen LogP contribution in [0.4, 0.5) is 0 Å². The van der Waals surface area contributed by atoms with Crippen LogP contribution in [0.5, 0.6) is 0 Å². The second kappa shape index (κ2) is 4.89. The van der Waals surface area contributed by atoms with Crippen molar-refractivity contribution < 1.29 is 0 Å². The molecule has 0 radical (unpaired) electrons. The summed E-state index contributed by atoms with van der Waals surface area (Å²) in [6, 6.07) is 5.47. The first-order valence-electron chi connectivity index (χ1n) is 5.04. The molecular weight excluding hydrogens is 243 g/mol. The Labute approximate surface area is 105 Å². The summed E-state index contributed by atoms with van der Waals surface area (Å²) in [5.41, 5.74) is 1.93. The summed E-state index contributed by atoms with van der Waals surface area (Å²) in [7, 11) is 0. The van der Waals surface area contributed by atoms with Gasteiger partial charge in [0.1, 0.15) is 0 Å². The molecule has 1 aliphatic rings. The van der Waals surface area contributed by atoms with Crippen molar-refractivity contribution in [2.75, 3.05) is 19.6 Å². The second-order valence-corrected chi connectivity index (χ2v) is 4.56. The van der Waals surface area contributed by atoms with Gasteiger partial charge in [0.15, 0.2) is 0 Å². The van der Waals surface area contributed by atoms with Gasteiger partial charge in [-0.1, -0.05) is 35.8 Å². The first-order chi connectivity index (χ1) is 7.66. The fourth-order valence-electron chi connectivity index (χ4n) is 1.64. The number of benzene rings is 1. The third kappa shape index (κ3) is 2.57. The van der Waals surface area contributed by atoms with Gasteiger partial charge in [-0.25, -0.2) is 0 Å². The number of aliphatic imine (C=N–C) groups is 1. The molecule has 1 aliphatic heterocycles. The Bertz CT molecular complexity index is 441. The summed E-state index contributed by atoms with van der Waals surface area (Å²) in [4.78, 5) is 6.27. The molecule has 0 bridgehead atoms. The molecular formula is C12H12Cl2N2.